The lowest BCUT2D eigenvalue weighted by molar-refractivity contribution is 0.0566. The molecule has 0 saturated heterocycles. The van der Waals surface area contributed by atoms with Gasteiger partial charge < -0.3 is 9.15 Å². The average Bonchev–Trinajstić information content (AvgIpc) is 2.82. The molecule has 1 heterocycles. The van der Waals surface area contributed by atoms with Gasteiger partial charge in [0.25, 0.3) is 0 Å². The Hall–Kier alpha value is -0.970. The van der Waals surface area contributed by atoms with Gasteiger partial charge in [0.05, 0.1) is 17.2 Å². The third-order valence-corrected chi connectivity index (χ3v) is 3.78. The highest BCUT2D eigenvalue weighted by Crippen LogP contribution is 2.36. The zero-order valence-corrected chi connectivity index (χ0v) is 12.3. The van der Waals surface area contributed by atoms with Crippen LogP contribution in [0.2, 0.25) is 10.0 Å². The highest BCUT2D eigenvalue weighted by atomic mass is 79.9. The number of methoxy groups -OCH3 is 1. The molecule has 94 valence electrons. The van der Waals surface area contributed by atoms with E-state index in [-0.39, 0.29) is 5.76 Å². The molecule has 1 aromatic carbocycles. The SMILES string of the molecule is COC(=O)c1ccc(-c2cc(Cl)c(Br)cc2Cl)o1. The largest absolute Gasteiger partial charge is 0.463 e. The summed E-state index contributed by atoms with van der Waals surface area (Å²) in [4.78, 5) is 11.3. The predicted molar refractivity (Wildman–Crippen MR) is 73.2 cm³/mol. The average molecular weight is 350 g/mol. The maximum Gasteiger partial charge on any atom is 0.373 e. The normalized spacial score (nSPS) is 10.4. The Kier molecular flexibility index (Phi) is 4.00. The van der Waals surface area contributed by atoms with Crippen LogP contribution in [0.15, 0.2) is 33.2 Å². The summed E-state index contributed by atoms with van der Waals surface area (Å²) >= 11 is 15.4. The number of carbonyl (C=O) groups excluding carboxylic acids is 1. The van der Waals surface area contributed by atoms with E-state index in [0.717, 1.165) is 0 Å². The van der Waals surface area contributed by atoms with Crippen LogP contribution in [0.25, 0.3) is 11.3 Å². The topological polar surface area (TPSA) is 39.4 Å². The zero-order chi connectivity index (χ0) is 13.3. The summed E-state index contributed by atoms with van der Waals surface area (Å²) in [5.74, 6) is 0.0259. The van der Waals surface area contributed by atoms with Crippen molar-refractivity contribution in [2.45, 2.75) is 0 Å². The van der Waals surface area contributed by atoms with Crippen LogP contribution in [0.4, 0.5) is 0 Å². The van der Waals surface area contributed by atoms with Crippen molar-refractivity contribution in [1.29, 1.82) is 0 Å². The first-order valence-electron chi connectivity index (χ1n) is 4.86. The molecule has 0 aliphatic rings. The maximum atomic E-state index is 11.3. The molecular weight excluding hydrogens is 343 g/mol. The molecule has 0 saturated carbocycles. The fourth-order valence-electron chi connectivity index (χ4n) is 1.40. The third kappa shape index (κ3) is 2.55. The van der Waals surface area contributed by atoms with Crippen LogP contribution >= 0.6 is 39.1 Å². The van der Waals surface area contributed by atoms with Gasteiger partial charge in [-0.2, -0.15) is 0 Å². The molecule has 2 aromatic rings. The van der Waals surface area contributed by atoms with Gasteiger partial charge in [-0.05, 0) is 40.2 Å². The Morgan fingerprint density at radius 1 is 1.28 bits per heavy atom. The highest BCUT2D eigenvalue weighted by molar-refractivity contribution is 9.10. The number of furan rings is 1. The van der Waals surface area contributed by atoms with Crippen LogP contribution in [0.5, 0.6) is 0 Å². The van der Waals surface area contributed by atoms with Gasteiger partial charge in [-0.25, -0.2) is 4.79 Å². The fraction of sp³-hybridized carbons (Fsp3) is 0.0833. The number of rotatable bonds is 2. The zero-order valence-electron chi connectivity index (χ0n) is 9.17. The number of esters is 1. The molecule has 0 unspecified atom stereocenters. The number of carbonyl (C=O) groups is 1. The summed E-state index contributed by atoms with van der Waals surface area (Å²) in [5.41, 5.74) is 0.611. The summed E-state index contributed by atoms with van der Waals surface area (Å²) in [6.07, 6.45) is 0. The second kappa shape index (κ2) is 5.34. The highest BCUT2D eigenvalue weighted by Gasteiger charge is 2.15. The lowest BCUT2D eigenvalue weighted by atomic mass is 10.2. The van der Waals surface area contributed by atoms with Crippen molar-refractivity contribution in [3.63, 3.8) is 0 Å². The predicted octanol–water partition coefficient (Wildman–Crippen LogP) is 4.80. The summed E-state index contributed by atoms with van der Waals surface area (Å²) in [5, 5.41) is 0.974. The first kappa shape index (κ1) is 13.5. The van der Waals surface area contributed by atoms with E-state index < -0.39 is 5.97 Å². The molecule has 0 amide bonds. The van der Waals surface area contributed by atoms with Crippen molar-refractivity contribution >= 4 is 45.1 Å². The first-order valence-corrected chi connectivity index (χ1v) is 6.41. The molecule has 0 spiro atoms. The lowest BCUT2D eigenvalue weighted by Crippen LogP contribution is -1.98. The quantitative estimate of drug-likeness (QED) is 0.577. The van der Waals surface area contributed by atoms with Gasteiger partial charge in [0.1, 0.15) is 5.76 Å². The summed E-state index contributed by atoms with van der Waals surface area (Å²) in [6.45, 7) is 0. The van der Waals surface area contributed by atoms with Gasteiger partial charge in [0.2, 0.25) is 5.76 Å². The molecule has 0 bridgehead atoms. The molecule has 3 nitrogen and oxygen atoms in total. The summed E-state index contributed by atoms with van der Waals surface area (Å²) in [6, 6.07) is 6.48. The molecule has 0 atom stereocenters. The number of benzene rings is 1. The van der Waals surface area contributed by atoms with E-state index in [1.165, 1.54) is 13.2 Å². The van der Waals surface area contributed by atoms with Gasteiger partial charge in [-0.3, -0.25) is 0 Å². The van der Waals surface area contributed by atoms with Crippen molar-refractivity contribution in [1.82, 2.24) is 0 Å². The molecular formula is C12H7BrCl2O3. The lowest BCUT2D eigenvalue weighted by Gasteiger charge is -2.03. The van der Waals surface area contributed by atoms with Crippen LogP contribution < -0.4 is 0 Å². The van der Waals surface area contributed by atoms with Gasteiger partial charge in [0.15, 0.2) is 0 Å². The van der Waals surface area contributed by atoms with Gasteiger partial charge >= 0.3 is 5.97 Å². The van der Waals surface area contributed by atoms with E-state index in [0.29, 0.717) is 25.8 Å². The van der Waals surface area contributed by atoms with Gasteiger partial charge in [0, 0.05) is 10.0 Å². The van der Waals surface area contributed by atoms with Crippen LogP contribution in [0, 0.1) is 0 Å². The number of ether oxygens (including phenoxy) is 1. The van der Waals surface area contributed by atoms with E-state index in [9.17, 15) is 4.79 Å². The van der Waals surface area contributed by atoms with E-state index in [4.69, 9.17) is 27.6 Å². The molecule has 0 N–H and O–H groups in total. The van der Waals surface area contributed by atoms with Crippen LogP contribution in [-0.2, 0) is 4.74 Å². The van der Waals surface area contributed by atoms with Crippen molar-refractivity contribution in [2.24, 2.45) is 0 Å². The van der Waals surface area contributed by atoms with Gasteiger partial charge in [-0.1, -0.05) is 23.2 Å². The van der Waals surface area contributed by atoms with Crippen LogP contribution in [-0.4, -0.2) is 13.1 Å². The van der Waals surface area contributed by atoms with E-state index in [1.54, 1.807) is 18.2 Å². The van der Waals surface area contributed by atoms with Gasteiger partial charge in [-0.15, -0.1) is 0 Å². The monoisotopic (exact) mass is 348 g/mol. The van der Waals surface area contributed by atoms with E-state index >= 15 is 0 Å². The molecule has 1 aromatic heterocycles. The Labute approximate surface area is 122 Å². The standard InChI is InChI=1S/C12H7BrCl2O3/c1-17-12(16)11-3-2-10(18-11)6-4-9(15)7(13)5-8(6)14/h2-5H,1H3. The molecule has 0 radical (unpaired) electrons. The molecule has 0 fully saturated rings. The second-order valence-corrected chi connectivity index (χ2v) is 5.07. The maximum absolute atomic E-state index is 11.3. The minimum Gasteiger partial charge on any atom is -0.463 e. The van der Waals surface area contributed by atoms with Crippen LogP contribution in [0.3, 0.4) is 0 Å². The second-order valence-electron chi connectivity index (χ2n) is 3.40. The Bertz CT molecular complexity index is 607. The van der Waals surface area contributed by atoms with Crippen molar-refractivity contribution < 1.29 is 13.9 Å². The molecule has 6 heteroatoms. The fourth-order valence-corrected chi connectivity index (χ4v) is 2.30. The summed E-state index contributed by atoms with van der Waals surface area (Å²) in [7, 11) is 1.29. The Morgan fingerprint density at radius 2 is 2.00 bits per heavy atom. The number of hydrogen-bond donors (Lipinski definition) is 0. The molecule has 18 heavy (non-hydrogen) atoms. The smallest absolute Gasteiger partial charge is 0.373 e. The van der Waals surface area contributed by atoms with Crippen LogP contribution in [0.1, 0.15) is 10.6 Å². The first-order chi connectivity index (χ1) is 8.52. The molecule has 0 aliphatic carbocycles. The van der Waals surface area contributed by atoms with E-state index in [2.05, 4.69) is 20.7 Å². The Morgan fingerprint density at radius 3 is 2.67 bits per heavy atom. The third-order valence-electron chi connectivity index (χ3n) is 2.27. The van der Waals surface area contributed by atoms with Crippen molar-refractivity contribution in [3.8, 4) is 11.3 Å². The summed E-state index contributed by atoms with van der Waals surface area (Å²) < 4.78 is 10.6. The van der Waals surface area contributed by atoms with Crippen molar-refractivity contribution in [3.05, 3.63) is 44.5 Å². The number of hydrogen-bond acceptors (Lipinski definition) is 3. The van der Waals surface area contributed by atoms with E-state index in [1.807, 2.05) is 0 Å². The van der Waals surface area contributed by atoms with Crippen molar-refractivity contribution in [2.75, 3.05) is 7.11 Å². The Balaban J connectivity index is 2.46. The molecule has 0 aliphatic heterocycles. The minimum absolute atomic E-state index is 0.114. The molecule has 2 rings (SSSR count). The minimum atomic E-state index is -0.541. The number of halogens is 3.